The lowest BCUT2D eigenvalue weighted by molar-refractivity contribution is 0.0692. The van der Waals surface area contributed by atoms with Gasteiger partial charge in [0.2, 0.25) is 0 Å². The van der Waals surface area contributed by atoms with Crippen LogP contribution >= 0.6 is 27.7 Å². The zero-order valence-electron chi connectivity index (χ0n) is 10.8. The number of hydrogen-bond acceptors (Lipinski definition) is 4. The maximum atomic E-state index is 11.7. The van der Waals surface area contributed by atoms with Crippen molar-refractivity contribution >= 4 is 33.7 Å². The summed E-state index contributed by atoms with van der Waals surface area (Å²) in [6.45, 7) is 3.72. The second-order valence-electron chi connectivity index (χ2n) is 4.30. The minimum absolute atomic E-state index is 0.0656. The number of benzene rings is 1. The van der Waals surface area contributed by atoms with Crippen LogP contribution in [0, 0.1) is 0 Å². The number of aromatic amines is 1. The minimum atomic E-state index is -1.03. The molecule has 0 aliphatic carbocycles. The fraction of sp³-hybridized carbons (Fsp3) is 0.250. The lowest BCUT2D eigenvalue weighted by atomic mass is 10.2. The van der Waals surface area contributed by atoms with Gasteiger partial charge in [0.15, 0.2) is 5.16 Å². The van der Waals surface area contributed by atoms with Crippen LogP contribution in [0.5, 0.6) is 0 Å². The minimum Gasteiger partial charge on any atom is -0.478 e. The molecule has 0 saturated carbocycles. The molecule has 0 radical (unpaired) electrons. The summed E-state index contributed by atoms with van der Waals surface area (Å²) in [5.41, 5.74) is -0.155. The van der Waals surface area contributed by atoms with Gasteiger partial charge in [0.1, 0.15) is 0 Å². The van der Waals surface area contributed by atoms with Gasteiger partial charge in [-0.05, 0) is 53.7 Å². The van der Waals surface area contributed by atoms with Crippen LogP contribution < -0.4 is 5.69 Å². The summed E-state index contributed by atoms with van der Waals surface area (Å²) >= 11 is 4.37. The monoisotopic (exact) mass is 357 g/mol. The second-order valence-corrected chi connectivity index (χ2v) is 6.16. The van der Waals surface area contributed by atoms with Crippen molar-refractivity contribution in [3.63, 3.8) is 0 Å². The third kappa shape index (κ3) is 2.80. The Morgan fingerprint density at radius 3 is 2.80 bits per heavy atom. The van der Waals surface area contributed by atoms with E-state index < -0.39 is 5.97 Å². The third-order valence-corrected chi connectivity index (χ3v) is 4.27. The van der Waals surface area contributed by atoms with E-state index in [1.165, 1.54) is 4.57 Å². The number of aromatic nitrogens is 3. The third-order valence-electron chi connectivity index (χ3n) is 2.58. The van der Waals surface area contributed by atoms with Crippen LogP contribution in [0.15, 0.2) is 37.5 Å². The SMILES string of the molecule is CC(C)n1c(Sc2cccc(Br)c2C(=O)O)n[nH]c1=O. The summed E-state index contributed by atoms with van der Waals surface area (Å²) in [6.07, 6.45) is 0. The van der Waals surface area contributed by atoms with E-state index in [1.807, 2.05) is 13.8 Å². The van der Waals surface area contributed by atoms with Crippen molar-refractivity contribution in [3.8, 4) is 0 Å². The molecule has 0 aliphatic heterocycles. The molecule has 0 fully saturated rings. The number of carboxylic acid groups (broad SMARTS) is 1. The van der Waals surface area contributed by atoms with Crippen LogP contribution in [0.1, 0.15) is 30.2 Å². The van der Waals surface area contributed by atoms with E-state index >= 15 is 0 Å². The average Bonchev–Trinajstić information content (AvgIpc) is 2.70. The van der Waals surface area contributed by atoms with Crippen molar-refractivity contribution in [3.05, 3.63) is 38.7 Å². The highest BCUT2D eigenvalue weighted by Gasteiger charge is 2.19. The molecule has 0 amide bonds. The zero-order chi connectivity index (χ0) is 14.9. The topological polar surface area (TPSA) is 88.0 Å². The summed E-state index contributed by atoms with van der Waals surface area (Å²) in [5, 5.41) is 16.0. The van der Waals surface area contributed by atoms with Crippen LogP contribution in [0.25, 0.3) is 0 Å². The molecule has 0 spiro atoms. The number of nitrogens with zero attached hydrogens (tertiary/aromatic N) is 2. The number of carboxylic acids is 1. The highest BCUT2D eigenvalue weighted by Crippen LogP contribution is 2.33. The van der Waals surface area contributed by atoms with Crippen molar-refractivity contribution in [1.29, 1.82) is 0 Å². The Labute approximate surface area is 127 Å². The van der Waals surface area contributed by atoms with Gasteiger partial charge in [0, 0.05) is 15.4 Å². The van der Waals surface area contributed by atoms with Crippen LogP contribution in [0.4, 0.5) is 0 Å². The van der Waals surface area contributed by atoms with Crippen LogP contribution in [-0.2, 0) is 0 Å². The lowest BCUT2D eigenvalue weighted by Gasteiger charge is -2.10. The molecule has 106 valence electrons. The first kappa shape index (κ1) is 14.9. The van der Waals surface area contributed by atoms with E-state index in [-0.39, 0.29) is 17.3 Å². The number of H-pyrrole nitrogens is 1. The molecule has 20 heavy (non-hydrogen) atoms. The molecular weight excluding hydrogens is 346 g/mol. The number of aromatic carboxylic acids is 1. The predicted molar refractivity (Wildman–Crippen MR) is 78.5 cm³/mol. The Bertz CT molecular complexity index is 708. The van der Waals surface area contributed by atoms with Gasteiger partial charge in [-0.2, -0.15) is 0 Å². The summed E-state index contributed by atoms with van der Waals surface area (Å²) in [4.78, 5) is 23.5. The van der Waals surface area contributed by atoms with E-state index in [0.717, 1.165) is 11.8 Å². The van der Waals surface area contributed by atoms with Crippen molar-refractivity contribution in [2.45, 2.75) is 29.9 Å². The number of halogens is 1. The highest BCUT2D eigenvalue weighted by molar-refractivity contribution is 9.10. The van der Waals surface area contributed by atoms with E-state index in [0.29, 0.717) is 14.5 Å². The smallest absolute Gasteiger partial charge is 0.344 e. The molecule has 6 nitrogen and oxygen atoms in total. The Morgan fingerprint density at radius 2 is 2.20 bits per heavy atom. The number of nitrogens with one attached hydrogen (secondary N) is 1. The Hall–Kier alpha value is -1.54. The maximum absolute atomic E-state index is 11.7. The Kier molecular flexibility index (Phi) is 4.34. The van der Waals surface area contributed by atoms with Gasteiger partial charge in [-0.15, -0.1) is 5.10 Å². The lowest BCUT2D eigenvalue weighted by Crippen LogP contribution is -2.19. The first-order chi connectivity index (χ1) is 9.41. The summed E-state index contributed by atoms with van der Waals surface area (Å²) in [5.74, 6) is -1.03. The fourth-order valence-corrected chi connectivity index (χ4v) is 3.51. The van der Waals surface area contributed by atoms with Gasteiger partial charge in [-0.3, -0.25) is 4.57 Å². The number of rotatable bonds is 4. The second kappa shape index (κ2) is 5.84. The van der Waals surface area contributed by atoms with Crippen molar-refractivity contribution in [2.75, 3.05) is 0 Å². The van der Waals surface area contributed by atoms with Crippen LogP contribution in [-0.4, -0.2) is 25.8 Å². The van der Waals surface area contributed by atoms with Gasteiger partial charge in [0.25, 0.3) is 0 Å². The fourth-order valence-electron chi connectivity index (χ4n) is 1.71. The van der Waals surface area contributed by atoms with Crippen molar-refractivity contribution < 1.29 is 9.90 Å². The van der Waals surface area contributed by atoms with Gasteiger partial charge >= 0.3 is 11.7 Å². The molecular formula is C12H12BrN3O3S. The average molecular weight is 358 g/mol. The van der Waals surface area contributed by atoms with Gasteiger partial charge in [0.05, 0.1) is 5.56 Å². The molecule has 1 aromatic heterocycles. The largest absolute Gasteiger partial charge is 0.478 e. The highest BCUT2D eigenvalue weighted by atomic mass is 79.9. The zero-order valence-corrected chi connectivity index (χ0v) is 13.2. The first-order valence-electron chi connectivity index (χ1n) is 5.78. The van der Waals surface area contributed by atoms with Crippen LogP contribution in [0.3, 0.4) is 0 Å². The predicted octanol–water partition coefficient (Wildman–Crippen LogP) is 2.76. The van der Waals surface area contributed by atoms with Gasteiger partial charge < -0.3 is 5.11 Å². The summed E-state index contributed by atoms with van der Waals surface area (Å²) in [6, 6.07) is 5.02. The molecule has 1 heterocycles. The first-order valence-corrected chi connectivity index (χ1v) is 7.39. The molecule has 0 bridgehead atoms. The summed E-state index contributed by atoms with van der Waals surface area (Å²) < 4.78 is 1.97. The van der Waals surface area contributed by atoms with Gasteiger partial charge in [-0.1, -0.05) is 6.07 Å². The molecule has 2 N–H and O–H groups in total. The quantitative estimate of drug-likeness (QED) is 0.878. The Balaban J connectivity index is 2.49. The number of carbonyl (C=O) groups is 1. The number of hydrogen-bond donors (Lipinski definition) is 2. The molecule has 0 saturated heterocycles. The van der Waals surface area contributed by atoms with E-state index in [4.69, 9.17) is 0 Å². The molecule has 0 unspecified atom stereocenters. The normalized spacial score (nSPS) is 11.0. The standard InChI is InChI=1S/C12H12BrN3O3S/c1-6(2)16-11(19)14-15-12(16)20-8-5-3-4-7(13)9(8)10(17)18/h3-6H,1-2H3,(H,14,19)(H,17,18). The molecule has 8 heteroatoms. The Morgan fingerprint density at radius 1 is 1.50 bits per heavy atom. The van der Waals surface area contributed by atoms with E-state index in [9.17, 15) is 14.7 Å². The molecule has 0 atom stereocenters. The molecule has 1 aromatic carbocycles. The van der Waals surface area contributed by atoms with Crippen LogP contribution in [0.2, 0.25) is 0 Å². The maximum Gasteiger partial charge on any atom is 0.344 e. The molecule has 2 aromatic rings. The van der Waals surface area contributed by atoms with E-state index in [2.05, 4.69) is 26.1 Å². The van der Waals surface area contributed by atoms with Crippen molar-refractivity contribution in [2.24, 2.45) is 0 Å². The van der Waals surface area contributed by atoms with Gasteiger partial charge in [-0.25, -0.2) is 14.7 Å². The van der Waals surface area contributed by atoms with Crippen molar-refractivity contribution in [1.82, 2.24) is 14.8 Å². The molecule has 2 rings (SSSR count). The van der Waals surface area contributed by atoms with E-state index in [1.54, 1.807) is 18.2 Å². The molecule has 0 aliphatic rings. The summed E-state index contributed by atoms with van der Waals surface area (Å²) in [7, 11) is 0.